The van der Waals surface area contributed by atoms with E-state index < -0.39 is 0 Å². The molecule has 0 radical (unpaired) electrons. The van der Waals surface area contributed by atoms with E-state index in [4.69, 9.17) is 4.74 Å². The second-order valence-corrected chi connectivity index (χ2v) is 6.78. The third-order valence-electron chi connectivity index (χ3n) is 4.38. The first-order valence-corrected chi connectivity index (χ1v) is 8.77. The van der Waals surface area contributed by atoms with Crippen molar-refractivity contribution in [2.75, 3.05) is 6.61 Å². The van der Waals surface area contributed by atoms with E-state index in [2.05, 4.69) is 24.3 Å². The van der Waals surface area contributed by atoms with Crippen molar-refractivity contribution in [3.8, 4) is 5.75 Å². The van der Waals surface area contributed by atoms with Crippen LogP contribution in [0.4, 0.5) is 4.39 Å². The lowest BCUT2D eigenvalue weighted by Crippen LogP contribution is -2.32. The van der Waals surface area contributed by atoms with Crippen LogP contribution in [0, 0.1) is 11.7 Å². The van der Waals surface area contributed by atoms with Crippen LogP contribution >= 0.6 is 0 Å². The van der Waals surface area contributed by atoms with Gasteiger partial charge in [0.05, 0.1) is 30.1 Å². The van der Waals surface area contributed by atoms with Crippen LogP contribution in [0.1, 0.15) is 54.8 Å². The molecule has 1 aromatic carbocycles. The minimum absolute atomic E-state index is 0.172. The lowest BCUT2D eigenvalue weighted by molar-refractivity contribution is 0.0923. The number of ether oxygens (including phenoxy) is 1. The molecular formula is C19H24FN3O2. The number of nitrogens with zero attached hydrogens (tertiary/aromatic N) is 2. The van der Waals surface area contributed by atoms with Gasteiger partial charge in [-0.2, -0.15) is 5.10 Å². The molecule has 2 aromatic rings. The van der Waals surface area contributed by atoms with Crippen LogP contribution in [0.15, 0.2) is 24.4 Å². The monoisotopic (exact) mass is 345 g/mol. The van der Waals surface area contributed by atoms with Crippen molar-refractivity contribution in [2.24, 2.45) is 5.92 Å². The molecule has 0 spiro atoms. The molecular weight excluding hydrogens is 321 g/mol. The summed E-state index contributed by atoms with van der Waals surface area (Å²) < 4.78 is 21.0. The molecule has 134 valence electrons. The Morgan fingerprint density at radius 2 is 2.28 bits per heavy atom. The average Bonchev–Trinajstić information content (AvgIpc) is 2.97. The van der Waals surface area contributed by atoms with Crippen molar-refractivity contribution in [2.45, 2.75) is 46.2 Å². The van der Waals surface area contributed by atoms with Crippen LogP contribution in [-0.4, -0.2) is 22.3 Å². The molecule has 5 nitrogen and oxygen atoms in total. The van der Waals surface area contributed by atoms with Gasteiger partial charge in [-0.25, -0.2) is 4.39 Å². The van der Waals surface area contributed by atoms with Gasteiger partial charge in [-0.3, -0.25) is 9.48 Å². The Hall–Kier alpha value is -2.37. The zero-order valence-electron chi connectivity index (χ0n) is 14.9. The summed E-state index contributed by atoms with van der Waals surface area (Å²) in [6.45, 7) is 7.53. The van der Waals surface area contributed by atoms with E-state index in [1.54, 1.807) is 12.3 Å². The summed E-state index contributed by atoms with van der Waals surface area (Å²) in [7, 11) is 0. The van der Waals surface area contributed by atoms with Gasteiger partial charge in [0.25, 0.3) is 5.91 Å². The van der Waals surface area contributed by atoms with Gasteiger partial charge in [0, 0.05) is 18.5 Å². The van der Waals surface area contributed by atoms with E-state index in [1.807, 2.05) is 11.6 Å². The zero-order chi connectivity index (χ0) is 18.0. The van der Waals surface area contributed by atoms with E-state index in [0.717, 1.165) is 18.7 Å². The van der Waals surface area contributed by atoms with Crippen LogP contribution in [-0.2, 0) is 13.0 Å². The van der Waals surface area contributed by atoms with Gasteiger partial charge < -0.3 is 10.1 Å². The summed E-state index contributed by atoms with van der Waals surface area (Å²) in [5, 5.41) is 7.39. The average molecular weight is 345 g/mol. The molecule has 0 fully saturated rings. The Kier molecular flexibility index (Phi) is 5.06. The number of carbonyl (C=O) groups excluding carboxylic acids is 1. The maximum Gasteiger partial charge on any atom is 0.255 e. The normalized spacial score (nSPS) is 16.4. The number of rotatable bonds is 5. The van der Waals surface area contributed by atoms with Crippen LogP contribution < -0.4 is 10.1 Å². The minimum atomic E-state index is -0.331. The highest BCUT2D eigenvalue weighted by Gasteiger charge is 2.26. The minimum Gasteiger partial charge on any atom is -0.493 e. The molecule has 3 rings (SSSR count). The first-order valence-electron chi connectivity index (χ1n) is 8.77. The first-order chi connectivity index (χ1) is 12.0. The van der Waals surface area contributed by atoms with Gasteiger partial charge in [-0.1, -0.05) is 20.8 Å². The molecule has 25 heavy (non-hydrogen) atoms. The Morgan fingerprint density at radius 3 is 3.00 bits per heavy atom. The molecule has 1 aliphatic heterocycles. The highest BCUT2D eigenvalue weighted by atomic mass is 19.1. The number of hydrogen-bond acceptors (Lipinski definition) is 3. The smallest absolute Gasteiger partial charge is 0.255 e. The SMILES string of the molecule is CCc1c(C(=O)N[C@H]2CCOc3ccc(F)cc32)cnn1CC(C)C. The number of carbonyl (C=O) groups is 1. The van der Waals surface area contributed by atoms with Gasteiger partial charge in [-0.05, 0) is 30.5 Å². The number of hydrogen-bond donors (Lipinski definition) is 1. The lowest BCUT2D eigenvalue weighted by atomic mass is 10.00. The summed E-state index contributed by atoms with van der Waals surface area (Å²) in [4.78, 5) is 12.8. The molecule has 1 atom stereocenters. The van der Waals surface area contributed by atoms with E-state index in [-0.39, 0.29) is 17.8 Å². The van der Waals surface area contributed by atoms with Crippen molar-refractivity contribution < 1.29 is 13.9 Å². The van der Waals surface area contributed by atoms with Crippen molar-refractivity contribution >= 4 is 5.91 Å². The number of nitrogens with one attached hydrogen (secondary N) is 1. The number of fused-ring (bicyclic) bond motifs is 1. The Labute approximate surface area is 147 Å². The molecule has 2 heterocycles. The first kappa shape index (κ1) is 17.5. The summed E-state index contributed by atoms with van der Waals surface area (Å²) in [5.41, 5.74) is 2.21. The van der Waals surface area contributed by atoms with E-state index >= 15 is 0 Å². The highest BCUT2D eigenvalue weighted by Crippen LogP contribution is 2.32. The third kappa shape index (κ3) is 3.67. The van der Waals surface area contributed by atoms with E-state index in [9.17, 15) is 9.18 Å². The van der Waals surface area contributed by atoms with Gasteiger partial charge in [0.2, 0.25) is 0 Å². The van der Waals surface area contributed by atoms with Crippen LogP contribution in [0.5, 0.6) is 5.75 Å². The van der Waals surface area contributed by atoms with E-state index in [1.165, 1.54) is 12.1 Å². The number of benzene rings is 1. The Bertz CT molecular complexity index is 770. The van der Waals surface area contributed by atoms with E-state index in [0.29, 0.717) is 35.8 Å². The fourth-order valence-corrected chi connectivity index (χ4v) is 3.23. The molecule has 0 aliphatic carbocycles. The third-order valence-corrected chi connectivity index (χ3v) is 4.38. The predicted molar refractivity (Wildman–Crippen MR) is 93.2 cm³/mol. The van der Waals surface area contributed by atoms with Gasteiger partial charge >= 0.3 is 0 Å². The quantitative estimate of drug-likeness (QED) is 0.902. The molecule has 1 aromatic heterocycles. The topological polar surface area (TPSA) is 56.1 Å². The molecule has 0 unspecified atom stereocenters. The van der Waals surface area contributed by atoms with Crippen molar-refractivity contribution in [3.63, 3.8) is 0 Å². The van der Waals surface area contributed by atoms with Crippen LogP contribution in [0.25, 0.3) is 0 Å². The number of aromatic nitrogens is 2. The second kappa shape index (κ2) is 7.25. The maximum absolute atomic E-state index is 13.6. The fourth-order valence-electron chi connectivity index (χ4n) is 3.23. The Morgan fingerprint density at radius 1 is 1.48 bits per heavy atom. The van der Waals surface area contributed by atoms with Gasteiger partial charge in [-0.15, -0.1) is 0 Å². The highest BCUT2D eigenvalue weighted by molar-refractivity contribution is 5.95. The largest absolute Gasteiger partial charge is 0.493 e. The van der Waals surface area contributed by atoms with Gasteiger partial charge in [0.1, 0.15) is 11.6 Å². The van der Waals surface area contributed by atoms with Crippen LogP contribution in [0.3, 0.4) is 0 Å². The maximum atomic E-state index is 13.6. The molecule has 0 bridgehead atoms. The summed E-state index contributed by atoms with van der Waals surface area (Å²) in [5.74, 6) is 0.576. The molecule has 0 saturated carbocycles. The lowest BCUT2D eigenvalue weighted by Gasteiger charge is -2.26. The predicted octanol–water partition coefficient (Wildman–Crippen LogP) is 3.49. The zero-order valence-corrected chi connectivity index (χ0v) is 14.9. The van der Waals surface area contributed by atoms with Crippen molar-refractivity contribution in [1.29, 1.82) is 0 Å². The van der Waals surface area contributed by atoms with Crippen molar-refractivity contribution in [1.82, 2.24) is 15.1 Å². The summed E-state index contributed by atoms with van der Waals surface area (Å²) in [6.07, 6.45) is 2.97. The van der Waals surface area contributed by atoms with Gasteiger partial charge in [0.15, 0.2) is 0 Å². The molecule has 1 aliphatic rings. The fraction of sp³-hybridized carbons (Fsp3) is 0.474. The van der Waals surface area contributed by atoms with Crippen molar-refractivity contribution in [3.05, 3.63) is 47.0 Å². The second-order valence-electron chi connectivity index (χ2n) is 6.78. The standard InChI is InChI=1S/C19H24FN3O2/c1-4-17-15(10-21-23(17)11-12(2)3)19(24)22-16-7-8-25-18-6-5-13(20)9-14(16)18/h5-6,9-10,12,16H,4,7-8,11H2,1-3H3,(H,22,24)/t16-/m0/s1. The Balaban J connectivity index is 1.82. The molecule has 6 heteroatoms. The summed E-state index contributed by atoms with van der Waals surface area (Å²) in [6, 6.07) is 4.16. The molecule has 1 amide bonds. The molecule has 1 N–H and O–H groups in total. The summed E-state index contributed by atoms with van der Waals surface area (Å²) >= 11 is 0. The number of amides is 1. The molecule has 0 saturated heterocycles. The van der Waals surface area contributed by atoms with Crippen LogP contribution in [0.2, 0.25) is 0 Å². The number of halogens is 1.